The van der Waals surface area contributed by atoms with Crippen LogP contribution in [0.5, 0.6) is 0 Å². The maximum Gasteiger partial charge on any atom is 0.387 e. The highest BCUT2D eigenvalue weighted by molar-refractivity contribution is 7.14. The Hall–Kier alpha value is -3.22. The first-order valence-corrected chi connectivity index (χ1v) is 12.3. The predicted octanol–water partition coefficient (Wildman–Crippen LogP) is 2.09. The van der Waals surface area contributed by atoms with Crippen molar-refractivity contribution in [2.75, 3.05) is 33.2 Å². The lowest BCUT2D eigenvalue weighted by molar-refractivity contribution is -0.133. The molecule has 3 N–H and O–H groups in total. The van der Waals surface area contributed by atoms with E-state index in [-0.39, 0.29) is 22.8 Å². The summed E-state index contributed by atoms with van der Waals surface area (Å²) in [6.07, 6.45) is 2.36. The zero-order chi connectivity index (χ0) is 25.9. The Bertz CT molecular complexity index is 1160. The summed E-state index contributed by atoms with van der Waals surface area (Å²) in [7, 11) is 2.01. The molecule has 0 spiro atoms. The van der Waals surface area contributed by atoms with Crippen molar-refractivity contribution >= 4 is 23.2 Å². The summed E-state index contributed by atoms with van der Waals surface area (Å²) in [6.45, 7) is 1.55. The molecule has 1 aliphatic carbocycles. The maximum atomic E-state index is 13.5. The van der Waals surface area contributed by atoms with E-state index in [0.29, 0.717) is 18.1 Å². The van der Waals surface area contributed by atoms with E-state index >= 15 is 0 Å². The van der Waals surface area contributed by atoms with E-state index < -0.39 is 30.0 Å². The van der Waals surface area contributed by atoms with Crippen LogP contribution in [0.3, 0.4) is 0 Å². The number of likely N-dealkylation sites (N-methyl/N-ethyl adjacent to an activating group) is 1. The van der Waals surface area contributed by atoms with Crippen molar-refractivity contribution in [1.82, 2.24) is 25.3 Å². The van der Waals surface area contributed by atoms with Gasteiger partial charge in [0.1, 0.15) is 10.8 Å². The van der Waals surface area contributed by atoms with Gasteiger partial charge < -0.3 is 20.7 Å². The third-order valence-electron chi connectivity index (χ3n) is 6.46. The van der Waals surface area contributed by atoms with Crippen LogP contribution in [-0.4, -0.2) is 77.7 Å². The Morgan fingerprint density at radius 3 is 2.47 bits per heavy atom. The Balaban J connectivity index is 1.74. The fourth-order valence-electron chi connectivity index (χ4n) is 4.28. The second-order valence-corrected chi connectivity index (χ2v) is 9.81. The summed E-state index contributed by atoms with van der Waals surface area (Å²) in [5, 5.41) is 12.1. The molecular weight excluding hydrogens is 490 g/mol. The van der Waals surface area contributed by atoms with Gasteiger partial charge in [-0.3, -0.25) is 14.5 Å². The minimum absolute atomic E-state index is 0.139. The number of benzene rings is 1. The smallest absolute Gasteiger partial charge is 0.387 e. The van der Waals surface area contributed by atoms with Gasteiger partial charge in [-0.1, -0.05) is 47.7 Å². The molecule has 2 atom stereocenters. The van der Waals surface area contributed by atoms with Gasteiger partial charge in [-0.2, -0.15) is 8.78 Å². The standard InChI is InChI=1S/C24H28F2N6O3S/c1-15(32-12-10-31(2)11-13-32)20(34)28-24(14-17(19(27)33)8-9-18(24)35-23(25)26)22-30-29-21(36-22)16-6-4-3-5-7-16/h3-9,15,23H,10-14H2,1-2H3,(H2,27,33)(H,28,34). The minimum Gasteiger partial charge on any atom is -0.436 e. The molecule has 192 valence electrons. The van der Waals surface area contributed by atoms with Gasteiger partial charge >= 0.3 is 6.61 Å². The van der Waals surface area contributed by atoms with Crippen LogP contribution in [0, 0.1) is 0 Å². The molecule has 1 aliphatic heterocycles. The van der Waals surface area contributed by atoms with E-state index in [9.17, 15) is 18.4 Å². The third-order valence-corrected chi connectivity index (χ3v) is 7.59. The van der Waals surface area contributed by atoms with Crippen LogP contribution in [0.25, 0.3) is 10.6 Å². The number of alkyl halides is 2. The van der Waals surface area contributed by atoms with Crippen LogP contribution < -0.4 is 11.1 Å². The molecule has 0 saturated carbocycles. The van der Waals surface area contributed by atoms with Gasteiger partial charge in [0.15, 0.2) is 10.5 Å². The number of hydrogen-bond donors (Lipinski definition) is 2. The number of nitrogens with two attached hydrogens (primary N) is 1. The third kappa shape index (κ3) is 5.45. The number of carbonyl (C=O) groups excluding carboxylic acids is 2. The Kier molecular flexibility index (Phi) is 7.76. The molecule has 9 nitrogen and oxygen atoms in total. The molecule has 2 unspecified atom stereocenters. The molecule has 0 bridgehead atoms. The Labute approximate surface area is 211 Å². The molecule has 2 heterocycles. The van der Waals surface area contributed by atoms with E-state index in [1.54, 1.807) is 6.92 Å². The summed E-state index contributed by atoms with van der Waals surface area (Å²) in [6, 6.07) is 8.65. The number of ether oxygens (including phenoxy) is 1. The normalized spacial score (nSPS) is 22.0. The molecule has 12 heteroatoms. The Morgan fingerprint density at radius 2 is 1.83 bits per heavy atom. The summed E-state index contributed by atoms with van der Waals surface area (Å²) in [5.74, 6) is -1.39. The predicted molar refractivity (Wildman–Crippen MR) is 131 cm³/mol. The van der Waals surface area contributed by atoms with Gasteiger partial charge in [-0.05, 0) is 20.0 Å². The van der Waals surface area contributed by atoms with Crippen LogP contribution in [0.15, 0.2) is 53.8 Å². The largest absolute Gasteiger partial charge is 0.436 e. The van der Waals surface area contributed by atoms with Crippen molar-refractivity contribution in [2.24, 2.45) is 5.73 Å². The second-order valence-electron chi connectivity index (χ2n) is 8.83. The SMILES string of the molecule is CC(C(=O)NC1(c2nnc(-c3ccccc3)s2)CC(C(N)=O)=CC=C1OC(F)F)N1CCN(C)CC1. The van der Waals surface area contributed by atoms with E-state index in [1.807, 2.05) is 42.3 Å². The topological polar surface area (TPSA) is 114 Å². The number of rotatable bonds is 8. The highest BCUT2D eigenvalue weighted by Crippen LogP contribution is 2.43. The van der Waals surface area contributed by atoms with Crippen molar-refractivity contribution in [1.29, 1.82) is 0 Å². The van der Waals surface area contributed by atoms with Crippen molar-refractivity contribution in [3.63, 3.8) is 0 Å². The molecule has 1 saturated heterocycles. The summed E-state index contributed by atoms with van der Waals surface area (Å²) >= 11 is 1.12. The molecule has 0 radical (unpaired) electrons. The van der Waals surface area contributed by atoms with Crippen LogP contribution in [0.2, 0.25) is 0 Å². The summed E-state index contributed by atoms with van der Waals surface area (Å²) in [4.78, 5) is 29.8. The van der Waals surface area contributed by atoms with Crippen molar-refractivity contribution < 1.29 is 23.1 Å². The van der Waals surface area contributed by atoms with Crippen molar-refractivity contribution in [3.8, 4) is 10.6 Å². The lowest BCUT2D eigenvalue weighted by Gasteiger charge is -2.40. The average molecular weight is 519 g/mol. The molecule has 2 amide bonds. The fourth-order valence-corrected chi connectivity index (χ4v) is 5.28. The quantitative estimate of drug-likeness (QED) is 0.550. The zero-order valence-electron chi connectivity index (χ0n) is 20.0. The van der Waals surface area contributed by atoms with Crippen molar-refractivity contribution in [3.05, 3.63) is 58.8 Å². The first kappa shape index (κ1) is 25.9. The Morgan fingerprint density at radius 1 is 1.14 bits per heavy atom. The average Bonchev–Trinajstić information content (AvgIpc) is 3.36. The zero-order valence-corrected chi connectivity index (χ0v) is 20.8. The molecule has 1 fully saturated rings. The monoisotopic (exact) mass is 518 g/mol. The molecule has 4 rings (SSSR count). The van der Waals surface area contributed by atoms with E-state index in [0.717, 1.165) is 30.0 Å². The molecule has 2 aliphatic rings. The lowest BCUT2D eigenvalue weighted by Crippen LogP contribution is -2.58. The fraction of sp³-hybridized carbons (Fsp3) is 0.417. The molecular formula is C24H28F2N6O3S. The summed E-state index contributed by atoms with van der Waals surface area (Å²) in [5.41, 5.74) is 4.78. The van der Waals surface area contributed by atoms with Gasteiger partial charge in [-0.15, -0.1) is 10.2 Å². The number of aromatic nitrogens is 2. The first-order chi connectivity index (χ1) is 17.2. The molecule has 2 aromatic rings. The number of primary amides is 1. The number of allylic oxidation sites excluding steroid dienone is 2. The minimum atomic E-state index is -3.16. The number of hydrogen-bond acceptors (Lipinski definition) is 8. The summed E-state index contributed by atoms with van der Waals surface area (Å²) < 4.78 is 31.9. The first-order valence-electron chi connectivity index (χ1n) is 11.5. The van der Waals surface area contributed by atoms with Crippen LogP contribution in [0.4, 0.5) is 8.78 Å². The molecule has 1 aromatic heterocycles. The number of piperazine rings is 1. The van der Waals surface area contributed by atoms with Gasteiger partial charge in [-0.25, -0.2) is 0 Å². The number of nitrogens with zero attached hydrogens (tertiary/aromatic N) is 4. The lowest BCUT2D eigenvalue weighted by atomic mass is 9.84. The van der Waals surface area contributed by atoms with Crippen LogP contribution in [0.1, 0.15) is 18.4 Å². The second kappa shape index (κ2) is 10.8. The number of carbonyl (C=O) groups is 2. The van der Waals surface area contributed by atoms with Gasteiger partial charge in [0.2, 0.25) is 11.8 Å². The van der Waals surface area contributed by atoms with E-state index in [4.69, 9.17) is 10.5 Å². The van der Waals surface area contributed by atoms with Gasteiger partial charge in [0.25, 0.3) is 0 Å². The highest BCUT2D eigenvalue weighted by Gasteiger charge is 2.48. The molecule has 36 heavy (non-hydrogen) atoms. The van der Waals surface area contributed by atoms with Crippen molar-refractivity contribution in [2.45, 2.75) is 31.5 Å². The van der Waals surface area contributed by atoms with Gasteiger partial charge in [0, 0.05) is 43.7 Å². The van der Waals surface area contributed by atoms with E-state index in [1.165, 1.54) is 12.2 Å². The van der Waals surface area contributed by atoms with Crippen LogP contribution >= 0.6 is 11.3 Å². The van der Waals surface area contributed by atoms with Gasteiger partial charge in [0.05, 0.1) is 6.04 Å². The van der Waals surface area contributed by atoms with Crippen LogP contribution in [-0.2, 0) is 19.9 Å². The number of nitrogens with one attached hydrogen (secondary N) is 1. The highest BCUT2D eigenvalue weighted by atomic mass is 32.1. The molecule has 1 aromatic carbocycles. The maximum absolute atomic E-state index is 13.5. The van der Waals surface area contributed by atoms with E-state index in [2.05, 4.69) is 20.4 Å². The number of amides is 2. The number of halogens is 2.